The Kier molecular flexibility index (Phi) is 9.14. The van der Waals surface area contributed by atoms with Crippen LogP contribution in [0.15, 0.2) is 49.1 Å². The van der Waals surface area contributed by atoms with Crippen LogP contribution in [0.3, 0.4) is 0 Å². The molecule has 0 saturated heterocycles. The van der Waals surface area contributed by atoms with E-state index < -0.39 is 0 Å². The van der Waals surface area contributed by atoms with Crippen LogP contribution in [0.4, 0.5) is 5.69 Å². The molecule has 0 radical (unpaired) electrons. The molecule has 8 heteroatoms. The summed E-state index contributed by atoms with van der Waals surface area (Å²) < 4.78 is 3.97. The lowest BCUT2D eigenvalue weighted by Crippen LogP contribution is -2.35. The number of imidazole rings is 1. The van der Waals surface area contributed by atoms with Crippen molar-refractivity contribution in [3.05, 3.63) is 66.0 Å². The number of nitrogens with zero attached hydrogens (tertiary/aromatic N) is 6. The molecule has 0 bridgehead atoms. The van der Waals surface area contributed by atoms with E-state index in [1.54, 1.807) is 13.1 Å². The van der Waals surface area contributed by atoms with E-state index in [-0.39, 0.29) is 11.8 Å². The van der Waals surface area contributed by atoms with Gasteiger partial charge in [0, 0.05) is 75.9 Å². The van der Waals surface area contributed by atoms with Crippen molar-refractivity contribution in [1.82, 2.24) is 24.2 Å². The molecule has 8 nitrogen and oxygen atoms in total. The molecule has 0 saturated carbocycles. The second kappa shape index (κ2) is 12.7. The van der Waals surface area contributed by atoms with Gasteiger partial charge in [0.05, 0.1) is 6.54 Å². The molecule has 2 aromatic heterocycles. The summed E-state index contributed by atoms with van der Waals surface area (Å²) in [5.41, 5.74) is 3.01. The van der Waals surface area contributed by atoms with Crippen LogP contribution in [-0.2, 0) is 29.2 Å². The number of aryl methyl sites for hydroxylation is 1. The Balaban J connectivity index is 1.59. The van der Waals surface area contributed by atoms with Gasteiger partial charge < -0.3 is 14.4 Å². The first-order valence-corrected chi connectivity index (χ1v) is 13.6. The first-order valence-electron chi connectivity index (χ1n) is 13.6. The average Bonchev–Trinajstić information content (AvgIpc) is 3.55. The molecule has 1 aliphatic rings. The first kappa shape index (κ1) is 26.6. The molecule has 0 aliphatic carbocycles. The molecule has 4 rings (SSSR count). The molecule has 0 unspecified atom stereocenters. The van der Waals surface area contributed by atoms with Gasteiger partial charge >= 0.3 is 0 Å². The Morgan fingerprint density at radius 3 is 2.51 bits per heavy atom. The molecule has 0 spiro atoms. The SMILES string of the molecule is CC(=O)N1CCCCCCCN(C(=O)CCn2ccnc2C(C)C)Cc2ccc(Cn3cccn3)cc21. The number of anilines is 1. The van der Waals surface area contributed by atoms with E-state index in [4.69, 9.17) is 0 Å². The van der Waals surface area contributed by atoms with Crippen LogP contribution >= 0.6 is 0 Å². The minimum absolute atomic E-state index is 0.0359. The molecule has 2 amide bonds. The number of aromatic nitrogens is 4. The van der Waals surface area contributed by atoms with Crippen LogP contribution in [-0.4, -0.2) is 49.1 Å². The van der Waals surface area contributed by atoms with Crippen molar-refractivity contribution < 1.29 is 9.59 Å². The highest BCUT2D eigenvalue weighted by molar-refractivity contribution is 5.92. The van der Waals surface area contributed by atoms with Crippen LogP contribution in [0, 0.1) is 0 Å². The minimum Gasteiger partial charge on any atom is -0.338 e. The zero-order valence-corrected chi connectivity index (χ0v) is 22.5. The fourth-order valence-corrected chi connectivity index (χ4v) is 5.11. The highest BCUT2D eigenvalue weighted by atomic mass is 16.2. The molecule has 0 N–H and O–H groups in total. The second-order valence-electron chi connectivity index (χ2n) is 10.3. The van der Waals surface area contributed by atoms with E-state index in [1.165, 1.54) is 0 Å². The predicted octanol–water partition coefficient (Wildman–Crippen LogP) is 4.99. The maximum Gasteiger partial charge on any atom is 0.224 e. The molecule has 198 valence electrons. The van der Waals surface area contributed by atoms with Gasteiger partial charge in [-0.1, -0.05) is 45.2 Å². The van der Waals surface area contributed by atoms with Crippen LogP contribution in [0.1, 0.15) is 82.2 Å². The molecule has 1 aliphatic heterocycles. The van der Waals surface area contributed by atoms with Crippen molar-refractivity contribution in [2.75, 3.05) is 18.0 Å². The van der Waals surface area contributed by atoms with E-state index in [1.807, 2.05) is 39.1 Å². The molecule has 1 aromatic carbocycles. The van der Waals surface area contributed by atoms with Crippen molar-refractivity contribution in [3.63, 3.8) is 0 Å². The van der Waals surface area contributed by atoms with Gasteiger partial charge in [0.25, 0.3) is 0 Å². The molecule has 3 heterocycles. The quantitative estimate of drug-likeness (QED) is 0.474. The zero-order chi connectivity index (χ0) is 26.2. The fraction of sp³-hybridized carbons (Fsp3) is 0.517. The third-order valence-corrected chi connectivity index (χ3v) is 7.08. The van der Waals surface area contributed by atoms with Gasteiger partial charge in [-0.3, -0.25) is 14.3 Å². The number of benzene rings is 1. The third-order valence-electron chi connectivity index (χ3n) is 7.08. The molecular weight excluding hydrogens is 464 g/mol. The van der Waals surface area contributed by atoms with Gasteiger partial charge in [0.15, 0.2) is 0 Å². The highest BCUT2D eigenvalue weighted by Gasteiger charge is 2.21. The summed E-state index contributed by atoms with van der Waals surface area (Å²) in [5, 5.41) is 4.33. The van der Waals surface area contributed by atoms with Crippen molar-refractivity contribution in [2.45, 2.75) is 84.8 Å². The Hall–Kier alpha value is -3.42. The Labute approximate surface area is 220 Å². The van der Waals surface area contributed by atoms with Gasteiger partial charge in [0.1, 0.15) is 5.82 Å². The van der Waals surface area contributed by atoms with E-state index in [2.05, 4.69) is 46.7 Å². The lowest BCUT2D eigenvalue weighted by molar-refractivity contribution is -0.132. The van der Waals surface area contributed by atoms with Crippen molar-refractivity contribution >= 4 is 17.5 Å². The van der Waals surface area contributed by atoms with Gasteiger partial charge in [-0.25, -0.2) is 4.98 Å². The molecule has 0 atom stereocenters. The van der Waals surface area contributed by atoms with E-state index in [0.29, 0.717) is 38.5 Å². The molecule has 0 fully saturated rings. The first-order chi connectivity index (χ1) is 17.9. The monoisotopic (exact) mass is 504 g/mol. The maximum absolute atomic E-state index is 13.5. The number of carbonyl (C=O) groups excluding carboxylic acids is 2. The number of fused-ring (bicyclic) bond motifs is 1. The standard InChI is InChI=1S/C29H40N6O2/c1-23(2)29-30-14-19-32(29)18-12-28(37)33-15-7-5-4-6-8-17-35(24(3)36)27-20-25(10-11-26(27)22-33)21-34-16-9-13-31-34/h9-11,13-14,16,19-20,23H,4-8,12,15,17-18,21-22H2,1-3H3. The molecule has 37 heavy (non-hydrogen) atoms. The van der Waals surface area contributed by atoms with Crippen LogP contribution in [0.5, 0.6) is 0 Å². The largest absolute Gasteiger partial charge is 0.338 e. The summed E-state index contributed by atoms with van der Waals surface area (Å²) in [6.07, 6.45) is 13.2. The Morgan fingerprint density at radius 1 is 1.00 bits per heavy atom. The smallest absolute Gasteiger partial charge is 0.224 e. The second-order valence-corrected chi connectivity index (χ2v) is 10.3. The minimum atomic E-state index is 0.0359. The Bertz CT molecular complexity index is 1170. The number of amides is 2. The van der Waals surface area contributed by atoms with Gasteiger partial charge in [-0.15, -0.1) is 0 Å². The number of rotatable bonds is 6. The Morgan fingerprint density at radius 2 is 1.78 bits per heavy atom. The zero-order valence-electron chi connectivity index (χ0n) is 22.5. The van der Waals surface area contributed by atoms with E-state index in [9.17, 15) is 9.59 Å². The third kappa shape index (κ3) is 7.08. The molecular formula is C29H40N6O2. The lowest BCUT2D eigenvalue weighted by atomic mass is 10.0. The number of hydrogen-bond donors (Lipinski definition) is 0. The lowest BCUT2D eigenvalue weighted by Gasteiger charge is -2.29. The highest BCUT2D eigenvalue weighted by Crippen LogP contribution is 2.27. The normalized spacial score (nSPS) is 15.2. The number of hydrogen-bond acceptors (Lipinski definition) is 4. The summed E-state index contributed by atoms with van der Waals surface area (Å²) in [6, 6.07) is 8.19. The van der Waals surface area contributed by atoms with E-state index >= 15 is 0 Å². The summed E-state index contributed by atoms with van der Waals surface area (Å²) in [6.45, 7) is 9.06. The number of carbonyl (C=O) groups is 2. The average molecular weight is 505 g/mol. The summed E-state index contributed by atoms with van der Waals surface area (Å²) in [7, 11) is 0. The topological polar surface area (TPSA) is 76.3 Å². The summed E-state index contributed by atoms with van der Waals surface area (Å²) in [5.74, 6) is 1.50. The van der Waals surface area contributed by atoms with Crippen LogP contribution in [0.25, 0.3) is 0 Å². The summed E-state index contributed by atoms with van der Waals surface area (Å²) in [4.78, 5) is 34.6. The maximum atomic E-state index is 13.5. The molecule has 3 aromatic rings. The fourth-order valence-electron chi connectivity index (χ4n) is 5.11. The van der Waals surface area contributed by atoms with Crippen LogP contribution in [0.2, 0.25) is 0 Å². The van der Waals surface area contributed by atoms with E-state index in [0.717, 1.165) is 61.3 Å². The van der Waals surface area contributed by atoms with Crippen molar-refractivity contribution in [3.8, 4) is 0 Å². The van der Waals surface area contributed by atoms with Crippen molar-refractivity contribution in [1.29, 1.82) is 0 Å². The van der Waals surface area contributed by atoms with Crippen LogP contribution < -0.4 is 4.90 Å². The van der Waals surface area contributed by atoms with Gasteiger partial charge in [-0.05, 0) is 36.1 Å². The predicted molar refractivity (Wildman–Crippen MR) is 145 cm³/mol. The van der Waals surface area contributed by atoms with Gasteiger partial charge in [-0.2, -0.15) is 5.10 Å². The van der Waals surface area contributed by atoms with Gasteiger partial charge in [0.2, 0.25) is 11.8 Å². The summed E-state index contributed by atoms with van der Waals surface area (Å²) >= 11 is 0. The van der Waals surface area contributed by atoms with Crippen molar-refractivity contribution in [2.24, 2.45) is 0 Å².